The number of halogens is 1. The highest BCUT2D eigenvalue weighted by Crippen LogP contribution is 2.32. The smallest absolute Gasteiger partial charge is 0.170 e. The van der Waals surface area contributed by atoms with Gasteiger partial charge in [0, 0.05) is 29.3 Å². The van der Waals surface area contributed by atoms with Crippen molar-refractivity contribution in [1.82, 2.24) is 19.8 Å². The van der Waals surface area contributed by atoms with Gasteiger partial charge in [0.1, 0.15) is 5.82 Å². The van der Waals surface area contributed by atoms with Gasteiger partial charge >= 0.3 is 0 Å². The van der Waals surface area contributed by atoms with E-state index in [1.54, 1.807) is 6.07 Å². The Morgan fingerprint density at radius 3 is 2.79 bits per heavy atom. The van der Waals surface area contributed by atoms with E-state index in [4.69, 9.17) is 9.62 Å². The van der Waals surface area contributed by atoms with Gasteiger partial charge in [-0.15, -0.1) is 0 Å². The molecule has 3 heterocycles. The monoisotopic (exact) mass is 392 g/mol. The number of hydrogen-bond donors (Lipinski definition) is 0. The summed E-state index contributed by atoms with van der Waals surface area (Å²) in [7, 11) is 2.19. The Labute approximate surface area is 169 Å². The lowest BCUT2D eigenvalue weighted by Gasteiger charge is -2.28. The summed E-state index contributed by atoms with van der Waals surface area (Å²) in [4.78, 5) is 2.39. The Bertz CT molecular complexity index is 1140. The zero-order chi connectivity index (χ0) is 19.8. The van der Waals surface area contributed by atoms with E-state index in [0.717, 1.165) is 43.6 Å². The lowest BCUT2D eigenvalue weighted by molar-refractivity contribution is 0.253. The Balaban J connectivity index is 1.35. The average molecular weight is 392 g/mol. The second-order valence-electron chi connectivity index (χ2n) is 8.08. The summed E-state index contributed by atoms with van der Waals surface area (Å²) in [6, 6.07) is 13.1. The van der Waals surface area contributed by atoms with E-state index in [-0.39, 0.29) is 5.82 Å². The van der Waals surface area contributed by atoms with Crippen molar-refractivity contribution in [2.45, 2.75) is 38.1 Å². The second kappa shape index (κ2) is 7.59. The molecule has 0 spiro atoms. The molecule has 29 heavy (non-hydrogen) atoms. The highest BCUT2D eigenvalue weighted by molar-refractivity contribution is 5.82. The molecule has 150 valence electrons. The van der Waals surface area contributed by atoms with Crippen molar-refractivity contribution in [3.8, 4) is 0 Å². The first-order chi connectivity index (χ1) is 14.2. The Morgan fingerprint density at radius 2 is 1.93 bits per heavy atom. The number of rotatable bonds is 5. The summed E-state index contributed by atoms with van der Waals surface area (Å²) in [5.41, 5.74) is 3.84. The molecular weight excluding hydrogens is 367 g/mol. The van der Waals surface area contributed by atoms with Gasteiger partial charge in [0.2, 0.25) is 0 Å². The van der Waals surface area contributed by atoms with E-state index >= 15 is 0 Å². The third-order valence-electron chi connectivity index (χ3n) is 6.08. The third kappa shape index (κ3) is 3.53. The predicted octanol–water partition coefficient (Wildman–Crippen LogP) is 4.76. The van der Waals surface area contributed by atoms with Gasteiger partial charge in [-0.3, -0.25) is 4.68 Å². The van der Waals surface area contributed by atoms with E-state index in [1.165, 1.54) is 41.6 Å². The van der Waals surface area contributed by atoms with Crippen molar-refractivity contribution >= 4 is 21.9 Å². The van der Waals surface area contributed by atoms with Crippen LogP contribution in [-0.2, 0) is 13.0 Å². The zero-order valence-electron chi connectivity index (χ0n) is 16.6. The first kappa shape index (κ1) is 18.3. The number of piperidine rings is 1. The van der Waals surface area contributed by atoms with Gasteiger partial charge < -0.3 is 9.42 Å². The summed E-state index contributed by atoms with van der Waals surface area (Å²) in [6.45, 7) is 3.08. The van der Waals surface area contributed by atoms with Crippen LogP contribution in [0.3, 0.4) is 0 Å². The molecule has 2 aromatic carbocycles. The summed E-state index contributed by atoms with van der Waals surface area (Å²) in [5.74, 6) is 0.233. The highest BCUT2D eigenvalue weighted by atomic mass is 19.1. The number of aryl methyl sites for hydroxylation is 2. The Morgan fingerprint density at radius 1 is 1.10 bits per heavy atom. The second-order valence-corrected chi connectivity index (χ2v) is 8.08. The van der Waals surface area contributed by atoms with Gasteiger partial charge in [0.15, 0.2) is 5.58 Å². The van der Waals surface area contributed by atoms with Crippen molar-refractivity contribution in [1.29, 1.82) is 0 Å². The lowest BCUT2D eigenvalue weighted by atomic mass is 9.92. The minimum absolute atomic E-state index is 0.301. The number of aromatic nitrogens is 3. The number of benzene rings is 2. The molecule has 2 aromatic heterocycles. The first-order valence-electron chi connectivity index (χ1n) is 10.4. The molecule has 0 radical (unpaired) electrons. The minimum atomic E-state index is -0.301. The molecule has 0 aliphatic carbocycles. The van der Waals surface area contributed by atoms with E-state index in [9.17, 15) is 4.39 Å². The lowest BCUT2D eigenvalue weighted by Crippen LogP contribution is -2.29. The Kier molecular flexibility index (Phi) is 4.79. The summed E-state index contributed by atoms with van der Waals surface area (Å²) < 4.78 is 20.8. The van der Waals surface area contributed by atoms with Crippen LogP contribution < -0.4 is 0 Å². The molecule has 1 aliphatic rings. The molecule has 1 fully saturated rings. The number of likely N-dealkylation sites (tertiary alicyclic amines) is 1. The van der Waals surface area contributed by atoms with E-state index in [2.05, 4.69) is 46.1 Å². The van der Waals surface area contributed by atoms with E-state index in [1.807, 2.05) is 0 Å². The maximum atomic E-state index is 13.3. The molecule has 0 N–H and O–H groups in total. The number of nitrogens with zero attached hydrogens (tertiary/aromatic N) is 4. The average Bonchev–Trinajstić information content (AvgIpc) is 3.30. The van der Waals surface area contributed by atoms with Gasteiger partial charge in [-0.05, 0) is 64.0 Å². The van der Waals surface area contributed by atoms with E-state index < -0.39 is 0 Å². The first-order valence-corrected chi connectivity index (χ1v) is 10.4. The van der Waals surface area contributed by atoms with Gasteiger partial charge in [0.25, 0.3) is 0 Å². The van der Waals surface area contributed by atoms with Crippen LogP contribution >= 0.6 is 0 Å². The summed E-state index contributed by atoms with van der Waals surface area (Å²) in [5, 5.41) is 11.3. The molecule has 0 bridgehead atoms. The topological polar surface area (TPSA) is 47.1 Å². The normalized spacial score (nSPS) is 16.2. The van der Waals surface area contributed by atoms with Crippen molar-refractivity contribution in [2.75, 3.05) is 20.1 Å². The molecule has 0 saturated carbocycles. The van der Waals surface area contributed by atoms with Crippen molar-refractivity contribution < 1.29 is 8.91 Å². The van der Waals surface area contributed by atoms with E-state index in [0.29, 0.717) is 11.5 Å². The number of fused-ring (bicyclic) bond motifs is 2. The van der Waals surface area contributed by atoms with Crippen molar-refractivity contribution in [3.63, 3.8) is 0 Å². The fourth-order valence-corrected chi connectivity index (χ4v) is 4.45. The van der Waals surface area contributed by atoms with Crippen LogP contribution in [0.25, 0.3) is 21.9 Å². The molecule has 5 nitrogen and oxygen atoms in total. The fraction of sp³-hybridized carbons (Fsp3) is 0.391. The quantitative estimate of drug-likeness (QED) is 0.491. The molecular formula is C23H25FN4O. The van der Waals surface area contributed by atoms with Crippen LogP contribution in [0.2, 0.25) is 0 Å². The van der Waals surface area contributed by atoms with Crippen LogP contribution in [-0.4, -0.2) is 40.0 Å². The molecule has 1 aliphatic heterocycles. The van der Waals surface area contributed by atoms with Crippen LogP contribution in [0.1, 0.15) is 36.6 Å². The van der Waals surface area contributed by atoms with Crippen LogP contribution in [0.5, 0.6) is 0 Å². The van der Waals surface area contributed by atoms with Gasteiger partial charge in [-0.2, -0.15) is 5.10 Å². The molecule has 1 saturated heterocycles. The highest BCUT2D eigenvalue weighted by Gasteiger charge is 2.23. The van der Waals surface area contributed by atoms with Gasteiger partial charge in [-0.25, -0.2) is 4.39 Å². The predicted molar refractivity (Wildman–Crippen MR) is 111 cm³/mol. The molecule has 6 heteroatoms. The van der Waals surface area contributed by atoms with Crippen LogP contribution in [0.4, 0.5) is 4.39 Å². The SMILES string of the molecule is CN1CCC(c2nn(CCCc3noc4cc(F)ccc34)c3ccccc23)CC1. The van der Waals surface area contributed by atoms with Crippen LogP contribution in [0, 0.1) is 5.82 Å². The third-order valence-corrected chi connectivity index (χ3v) is 6.08. The van der Waals surface area contributed by atoms with Crippen molar-refractivity contribution in [2.24, 2.45) is 0 Å². The maximum absolute atomic E-state index is 13.3. The standard InChI is InChI=1S/C23H25FN4O/c1-27-13-10-16(11-14-27)23-19-5-2-3-7-21(19)28(25-23)12-4-6-20-18-9-8-17(24)15-22(18)29-26-20/h2-3,5,7-9,15-16H,4,6,10-14H2,1H3. The summed E-state index contributed by atoms with van der Waals surface area (Å²) in [6.07, 6.45) is 4.01. The maximum Gasteiger partial charge on any atom is 0.170 e. The number of hydrogen-bond acceptors (Lipinski definition) is 4. The fourth-order valence-electron chi connectivity index (χ4n) is 4.45. The molecule has 5 rings (SSSR count). The van der Waals surface area contributed by atoms with Crippen LogP contribution in [0.15, 0.2) is 47.0 Å². The summed E-state index contributed by atoms with van der Waals surface area (Å²) >= 11 is 0. The molecule has 0 unspecified atom stereocenters. The zero-order valence-corrected chi connectivity index (χ0v) is 16.6. The van der Waals surface area contributed by atoms with Gasteiger partial charge in [-0.1, -0.05) is 23.4 Å². The largest absolute Gasteiger partial charge is 0.356 e. The Hall–Kier alpha value is -2.73. The van der Waals surface area contributed by atoms with Crippen molar-refractivity contribution in [3.05, 3.63) is 59.7 Å². The molecule has 0 atom stereocenters. The number of para-hydroxylation sites is 1. The van der Waals surface area contributed by atoms with Gasteiger partial charge in [0.05, 0.1) is 16.9 Å². The minimum Gasteiger partial charge on any atom is -0.356 e. The molecule has 0 amide bonds. The molecule has 4 aromatic rings.